The maximum absolute atomic E-state index is 13.1. The fraction of sp³-hybridized carbons (Fsp3) is 0.429. The van der Waals surface area contributed by atoms with Crippen molar-refractivity contribution in [3.63, 3.8) is 0 Å². The van der Waals surface area contributed by atoms with E-state index >= 15 is 0 Å². The third-order valence-electron chi connectivity index (χ3n) is 5.32. The van der Waals surface area contributed by atoms with Gasteiger partial charge >= 0.3 is 0 Å². The molecule has 3 aromatic heterocycles. The number of thiophene rings is 2. The van der Waals surface area contributed by atoms with Crippen LogP contribution in [0.3, 0.4) is 0 Å². The lowest BCUT2D eigenvalue weighted by Gasteiger charge is -2.34. The van der Waals surface area contributed by atoms with E-state index < -0.39 is 0 Å². The Morgan fingerprint density at radius 1 is 1.16 bits per heavy atom. The third kappa shape index (κ3) is 4.86. The minimum atomic E-state index is -0.186. The first kappa shape index (κ1) is 21.7. The summed E-state index contributed by atoms with van der Waals surface area (Å²) in [7, 11) is 0. The van der Waals surface area contributed by atoms with Crippen LogP contribution in [0, 0.1) is 0 Å². The lowest BCUT2D eigenvalue weighted by Crippen LogP contribution is -2.52. The molecule has 2 amide bonds. The molecule has 0 aliphatic carbocycles. The molecule has 1 aliphatic heterocycles. The molecular weight excluding hydrogens is 434 g/mol. The fourth-order valence-electron chi connectivity index (χ4n) is 3.62. The summed E-state index contributed by atoms with van der Waals surface area (Å²) in [5.41, 5.74) is 0.693. The molecule has 164 valence electrons. The number of aromatic nitrogens is 2. The Morgan fingerprint density at radius 3 is 2.68 bits per heavy atom. The molecule has 1 N–H and O–H groups in total. The van der Waals surface area contributed by atoms with Crippen LogP contribution < -0.4 is 10.9 Å². The smallest absolute Gasteiger partial charge is 0.263 e. The molecule has 10 heteroatoms. The number of amides is 2. The van der Waals surface area contributed by atoms with Crippen LogP contribution in [-0.2, 0) is 16.1 Å². The van der Waals surface area contributed by atoms with Crippen molar-refractivity contribution in [3.8, 4) is 10.4 Å². The molecule has 3 aromatic rings. The monoisotopic (exact) mass is 459 g/mol. The van der Waals surface area contributed by atoms with Crippen LogP contribution in [0.5, 0.6) is 0 Å². The molecule has 4 heterocycles. The lowest BCUT2D eigenvalue weighted by molar-refractivity contribution is -0.134. The third-order valence-corrected chi connectivity index (χ3v) is 7.11. The van der Waals surface area contributed by atoms with Gasteiger partial charge in [-0.3, -0.25) is 23.9 Å². The Morgan fingerprint density at radius 2 is 1.97 bits per heavy atom. The fourth-order valence-corrected chi connectivity index (χ4v) is 5.34. The van der Waals surface area contributed by atoms with Crippen LogP contribution in [0.2, 0.25) is 0 Å². The van der Waals surface area contributed by atoms with Gasteiger partial charge in [-0.25, -0.2) is 4.98 Å². The van der Waals surface area contributed by atoms with Crippen LogP contribution >= 0.6 is 22.7 Å². The summed E-state index contributed by atoms with van der Waals surface area (Å²) >= 11 is 3.02. The molecule has 1 saturated heterocycles. The number of fused-ring (bicyclic) bond motifs is 1. The average Bonchev–Trinajstić information content (AvgIpc) is 3.44. The standard InChI is InChI=1S/C21H25N5O3S2/c1-2-5-22-17(27)11-24-6-8-25(9-7-24)18(28)12-26-14-23-20-19(21(26)29)15(13-31-20)16-4-3-10-30-16/h3-4,10,13-14H,2,5-9,11-12H2,1H3,(H,22,27). The van der Waals surface area contributed by atoms with Gasteiger partial charge in [0.15, 0.2) is 0 Å². The Hall–Kier alpha value is -2.56. The highest BCUT2D eigenvalue weighted by Crippen LogP contribution is 2.33. The van der Waals surface area contributed by atoms with Crippen LogP contribution in [0.25, 0.3) is 20.7 Å². The zero-order valence-corrected chi connectivity index (χ0v) is 19.0. The predicted molar refractivity (Wildman–Crippen MR) is 124 cm³/mol. The molecular formula is C21H25N5O3S2. The van der Waals surface area contributed by atoms with Crippen LogP contribution in [-0.4, -0.2) is 70.4 Å². The quantitative estimate of drug-likeness (QED) is 0.583. The van der Waals surface area contributed by atoms with Crippen molar-refractivity contribution in [3.05, 3.63) is 39.6 Å². The van der Waals surface area contributed by atoms with Crippen LogP contribution in [0.1, 0.15) is 13.3 Å². The SMILES string of the molecule is CCCNC(=O)CN1CCN(C(=O)Cn2cnc3scc(-c4cccs4)c3c2=O)CC1. The number of nitrogens with one attached hydrogen (secondary N) is 1. The van der Waals surface area contributed by atoms with E-state index in [0.29, 0.717) is 49.5 Å². The normalized spacial score (nSPS) is 14.8. The Bertz CT molecular complexity index is 1110. The van der Waals surface area contributed by atoms with Crippen molar-refractivity contribution >= 4 is 44.7 Å². The zero-order valence-electron chi connectivity index (χ0n) is 17.4. The average molecular weight is 460 g/mol. The number of hydrogen-bond acceptors (Lipinski definition) is 7. The largest absolute Gasteiger partial charge is 0.355 e. The van der Waals surface area contributed by atoms with Crippen molar-refractivity contribution in [2.75, 3.05) is 39.3 Å². The van der Waals surface area contributed by atoms with Gasteiger partial charge < -0.3 is 10.2 Å². The van der Waals surface area contributed by atoms with Gasteiger partial charge in [0.05, 0.1) is 18.3 Å². The van der Waals surface area contributed by atoms with E-state index in [9.17, 15) is 14.4 Å². The molecule has 0 saturated carbocycles. The molecule has 1 fully saturated rings. The maximum atomic E-state index is 13.1. The summed E-state index contributed by atoms with van der Waals surface area (Å²) in [5.74, 6) is -0.0869. The summed E-state index contributed by atoms with van der Waals surface area (Å²) in [6.07, 6.45) is 2.37. The molecule has 1 aliphatic rings. The summed E-state index contributed by atoms with van der Waals surface area (Å²) in [6, 6.07) is 3.94. The molecule has 31 heavy (non-hydrogen) atoms. The van der Waals surface area contributed by atoms with E-state index in [0.717, 1.165) is 16.9 Å². The van der Waals surface area contributed by atoms with Crippen LogP contribution in [0.4, 0.5) is 0 Å². The van der Waals surface area contributed by atoms with Gasteiger partial charge in [-0.05, 0) is 17.9 Å². The number of piperazine rings is 1. The summed E-state index contributed by atoms with van der Waals surface area (Å²) in [5, 5.41) is 7.38. The van der Waals surface area contributed by atoms with Crippen molar-refractivity contribution in [1.29, 1.82) is 0 Å². The van der Waals surface area contributed by atoms with E-state index in [4.69, 9.17) is 0 Å². The summed E-state index contributed by atoms with van der Waals surface area (Å²) < 4.78 is 1.40. The Balaban J connectivity index is 1.40. The van der Waals surface area contributed by atoms with Gasteiger partial charge in [-0.2, -0.15) is 0 Å². The van der Waals surface area contributed by atoms with Crippen molar-refractivity contribution in [2.24, 2.45) is 0 Å². The highest BCUT2D eigenvalue weighted by atomic mass is 32.1. The van der Waals surface area contributed by atoms with Gasteiger partial charge in [0.2, 0.25) is 11.8 Å². The second-order valence-electron chi connectivity index (χ2n) is 7.49. The van der Waals surface area contributed by atoms with Crippen LogP contribution in [0.15, 0.2) is 34.0 Å². The second kappa shape index (κ2) is 9.71. The van der Waals surface area contributed by atoms with Gasteiger partial charge in [-0.1, -0.05) is 13.0 Å². The molecule has 4 rings (SSSR count). The summed E-state index contributed by atoms with van der Waals surface area (Å²) in [4.78, 5) is 47.7. The minimum absolute atomic E-state index is 0.0184. The first-order chi connectivity index (χ1) is 15.1. The van der Waals surface area contributed by atoms with E-state index in [1.54, 1.807) is 16.2 Å². The number of hydrogen-bond donors (Lipinski definition) is 1. The van der Waals surface area contributed by atoms with E-state index in [1.165, 1.54) is 22.2 Å². The zero-order chi connectivity index (χ0) is 21.8. The van der Waals surface area contributed by atoms with Crippen molar-refractivity contribution < 1.29 is 9.59 Å². The highest BCUT2D eigenvalue weighted by Gasteiger charge is 2.23. The number of carbonyl (C=O) groups excluding carboxylic acids is 2. The molecule has 0 bridgehead atoms. The van der Waals surface area contributed by atoms with Crippen molar-refractivity contribution in [1.82, 2.24) is 24.7 Å². The minimum Gasteiger partial charge on any atom is -0.355 e. The molecule has 0 aromatic carbocycles. The summed E-state index contributed by atoms with van der Waals surface area (Å²) in [6.45, 7) is 5.40. The lowest BCUT2D eigenvalue weighted by atomic mass is 10.2. The Labute approximate surface area is 188 Å². The Kier molecular flexibility index (Phi) is 6.79. The molecule has 0 atom stereocenters. The first-order valence-electron chi connectivity index (χ1n) is 10.3. The van der Waals surface area contributed by atoms with E-state index in [-0.39, 0.29) is 23.9 Å². The highest BCUT2D eigenvalue weighted by molar-refractivity contribution is 7.18. The number of carbonyl (C=O) groups is 2. The van der Waals surface area contributed by atoms with Gasteiger partial charge in [0, 0.05) is 48.5 Å². The molecule has 0 radical (unpaired) electrons. The molecule has 0 spiro atoms. The maximum Gasteiger partial charge on any atom is 0.263 e. The van der Waals surface area contributed by atoms with E-state index in [2.05, 4.69) is 10.3 Å². The number of nitrogens with zero attached hydrogens (tertiary/aromatic N) is 4. The topological polar surface area (TPSA) is 87.5 Å². The second-order valence-corrected chi connectivity index (χ2v) is 9.30. The first-order valence-corrected chi connectivity index (χ1v) is 12.1. The van der Waals surface area contributed by atoms with Gasteiger partial charge in [0.25, 0.3) is 5.56 Å². The molecule has 8 nitrogen and oxygen atoms in total. The predicted octanol–water partition coefficient (Wildman–Crippen LogP) is 1.86. The number of rotatable bonds is 7. The van der Waals surface area contributed by atoms with E-state index in [1.807, 2.05) is 34.7 Å². The van der Waals surface area contributed by atoms with Crippen molar-refractivity contribution in [2.45, 2.75) is 19.9 Å². The molecule has 0 unspecified atom stereocenters. The van der Waals surface area contributed by atoms with Gasteiger partial charge in [-0.15, -0.1) is 22.7 Å². The van der Waals surface area contributed by atoms with Gasteiger partial charge in [0.1, 0.15) is 11.4 Å².